The number of terminal acetylenes is 1. The van der Waals surface area contributed by atoms with E-state index in [0.717, 1.165) is 19.4 Å². The topological polar surface area (TPSA) is 35.2 Å². The molecule has 1 aliphatic rings. The van der Waals surface area contributed by atoms with Gasteiger partial charge in [0.05, 0.1) is 12.1 Å². The number of hydrogen-bond acceptors (Lipinski definition) is 2. The van der Waals surface area contributed by atoms with Crippen LogP contribution in [0, 0.1) is 12.3 Å². The van der Waals surface area contributed by atoms with Crippen molar-refractivity contribution in [2.24, 2.45) is 5.73 Å². The summed E-state index contributed by atoms with van der Waals surface area (Å²) in [6.45, 7) is 0.819. The van der Waals surface area contributed by atoms with Gasteiger partial charge in [0.1, 0.15) is 0 Å². The minimum Gasteiger partial charge on any atom is -0.376 e. The summed E-state index contributed by atoms with van der Waals surface area (Å²) < 4.78 is 5.36. The lowest BCUT2D eigenvalue weighted by molar-refractivity contribution is 0.0108. The first-order valence-corrected chi connectivity index (χ1v) is 3.68. The molecule has 2 N–H and O–H groups in total. The normalized spacial score (nSPS) is 29.0. The van der Waals surface area contributed by atoms with Gasteiger partial charge in [-0.1, -0.05) is 5.92 Å². The predicted octanol–water partition coefficient (Wildman–Crippen LogP) is 0.516. The van der Waals surface area contributed by atoms with Crippen molar-refractivity contribution in [3.05, 3.63) is 0 Å². The summed E-state index contributed by atoms with van der Waals surface area (Å²) in [5.74, 6) is 2.49. The Morgan fingerprint density at radius 3 is 2.90 bits per heavy atom. The summed E-state index contributed by atoms with van der Waals surface area (Å²) in [6, 6.07) is -0.208. The highest BCUT2D eigenvalue weighted by Crippen LogP contribution is 2.14. The van der Waals surface area contributed by atoms with E-state index >= 15 is 0 Å². The Labute approximate surface area is 61.7 Å². The molecule has 1 saturated heterocycles. The minimum atomic E-state index is -0.208. The zero-order chi connectivity index (χ0) is 7.40. The van der Waals surface area contributed by atoms with Crippen LogP contribution < -0.4 is 5.73 Å². The monoisotopic (exact) mass is 139 g/mol. The van der Waals surface area contributed by atoms with Gasteiger partial charge in [-0.2, -0.15) is 0 Å². The molecule has 0 aromatic heterocycles. The van der Waals surface area contributed by atoms with Gasteiger partial charge in [-0.05, 0) is 19.3 Å². The average Bonchev–Trinajstić information content (AvgIpc) is 2.05. The van der Waals surface area contributed by atoms with Crippen LogP contribution in [-0.2, 0) is 4.74 Å². The van der Waals surface area contributed by atoms with Gasteiger partial charge in [-0.25, -0.2) is 0 Å². The van der Waals surface area contributed by atoms with Crippen LogP contribution >= 0.6 is 0 Å². The lowest BCUT2D eigenvalue weighted by Gasteiger charge is -2.24. The summed E-state index contributed by atoms with van der Waals surface area (Å²) in [4.78, 5) is 0. The Morgan fingerprint density at radius 2 is 2.40 bits per heavy atom. The van der Waals surface area contributed by atoms with Gasteiger partial charge < -0.3 is 10.5 Å². The van der Waals surface area contributed by atoms with Gasteiger partial charge in [0.2, 0.25) is 0 Å². The molecule has 1 rings (SSSR count). The Balaban J connectivity index is 2.33. The molecule has 2 heteroatoms. The Bertz CT molecular complexity index is 133. The van der Waals surface area contributed by atoms with Gasteiger partial charge in [-0.15, -0.1) is 6.42 Å². The van der Waals surface area contributed by atoms with Crippen molar-refractivity contribution in [3.63, 3.8) is 0 Å². The Kier molecular flexibility index (Phi) is 2.73. The molecule has 0 bridgehead atoms. The third kappa shape index (κ3) is 1.73. The van der Waals surface area contributed by atoms with Crippen LogP contribution in [-0.4, -0.2) is 18.8 Å². The molecule has 0 saturated carbocycles. The average molecular weight is 139 g/mol. The zero-order valence-corrected chi connectivity index (χ0v) is 6.05. The molecule has 0 aliphatic carbocycles. The molecule has 2 nitrogen and oxygen atoms in total. The van der Waals surface area contributed by atoms with E-state index in [1.54, 1.807) is 0 Å². The molecule has 0 amide bonds. The smallest absolute Gasteiger partial charge is 0.0927 e. The van der Waals surface area contributed by atoms with E-state index in [0.29, 0.717) is 0 Å². The fraction of sp³-hybridized carbons (Fsp3) is 0.750. The number of hydrogen-bond donors (Lipinski definition) is 1. The first kappa shape index (κ1) is 7.59. The second kappa shape index (κ2) is 3.60. The van der Waals surface area contributed by atoms with E-state index in [1.807, 2.05) is 0 Å². The lowest BCUT2D eigenvalue weighted by Crippen LogP contribution is -2.37. The summed E-state index contributed by atoms with van der Waals surface area (Å²) in [6.07, 6.45) is 8.62. The van der Waals surface area contributed by atoms with Crippen LogP contribution in [0.5, 0.6) is 0 Å². The fourth-order valence-corrected chi connectivity index (χ4v) is 1.16. The quantitative estimate of drug-likeness (QED) is 0.537. The van der Waals surface area contributed by atoms with Crippen molar-refractivity contribution in [1.82, 2.24) is 0 Å². The first-order chi connectivity index (χ1) is 4.84. The molecular weight excluding hydrogens is 126 g/mol. The second-order valence-electron chi connectivity index (χ2n) is 2.60. The molecule has 56 valence electrons. The van der Waals surface area contributed by atoms with Gasteiger partial charge in [-0.3, -0.25) is 0 Å². The summed E-state index contributed by atoms with van der Waals surface area (Å²) in [5, 5.41) is 0. The molecule has 1 fully saturated rings. The van der Waals surface area contributed by atoms with E-state index in [-0.39, 0.29) is 12.1 Å². The van der Waals surface area contributed by atoms with Gasteiger partial charge >= 0.3 is 0 Å². The highest BCUT2D eigenvalue weighted by molar-refractivity contribution is 5.01. The van der Waals surface area contributed by atoms with Crippen molar-refractivity contribution in [2.45, 2.75) is 31.4 Å². The maximum atomic E-state index is 5.59. The van der Waals surface area contributed by atoms with Crippen LogP contribution in [0.3, 0.4) is 0 Å². The van der Waals surface area contributed by atoms with Crippen molar-refractivity contribution in [1.29, 1.82) is 0 Å². The van der Waals surface area contributed by atoms with Gasteiger partial charge in [0.15, 0.2) is 0 Å². The predicted molar refractivity (Wildman–Crippen MR) is 40.4 cm³/mol. The van der Waals surface area contributed by atoms with Crippen LogP contribution in [0.2, 0.25) is 0 Å². The highest BCUT2D eigenvalue weighted by atomic mass is 16.5. The van der Waals surface area contributed by atoms with Gasteiger partial charge in [0, 0.05) is 6.61 Å². The molecule has 1 aliphatic heterocycles. The maximum Gasteiger partial charge on any atom is 0.0927 e. The third-order valence-corrected chi connectivity index (χ3v) is 1.81. The first-order valence-electron chi connectivity index (χ1n) is 3.68. The Morgan fingerprint density at radius 1 is 1.60 bits per heavy atom. The van der Waals surface area contributed by atoms with E-state index in [2.05, 4.69) is 5.92 Å². The highest BCUT2D eigenvalue weighted by Gasteiger charge is 2.18. The molecule has 1 heterocycles. The second-order valence-corrected chi connectivity index (χ2v) is 2.60. The molecular formula is C8H13NO. The lowest BCUT2D eigenvalue weighted by atomic mass is 10.0. The Hall–Kier alpha value is -0.520. The fourth-order valence-electron chi connectivity index (χ4n) is 1.16. The van der Waals surface area contributed by atoms with E-state index in [4.69, 9.17) is 16.9 Å². The number of ether oxygens (including phenoxy) is 1. The molecule has 0 unspecified atom stereocenters. The molecule has 0 radical (unpaired) electrons. The molecule has 0 aromatic carbocycles. The van der Waals surface area contributed by atoms with Crippen molar-refractivity contribution in [2.75, 3.05) is 6.61 Å². The maximum absolute atomic E-state index is 5.59. The van der Waals surface area contributed by atoms with Crippen LogP contribution in [0.4, 0.5) is 0 Å². The van der Waals surface area contributed by atoms with E-state index in [1.165, 1.54) is 6.42 Å². The standard InChI is InChI=1S/C8H13NO/c1-2-7(9)8-5-3-4-6-10-8/h1,7-8H,3-6,9H2/t7-,8+/m1/s1. The van der Waals surface area contributed by atoms with Crippen LogP contribution in [0.25, 0.3) is 0 Å². The molecule has 2 atom stereocenters. The molecule has 10 heavy (non-hydrogen) atoms. The van der Waals surface area contributed by atoms with Gasteiger partial charge in [0.25, 0.3) is 0 Å². The van der Waals surface area contributed by atoms with E-state index in [9.17, 15) is 0 Å². The van der Waals surface area contributed by atoms with Crippen molar-refractivity contribution in [3.8, 4) is 12.3 Å². The van der Waals surface area contributed by atoms with Crippen molar-refractivity contribution < 1.29 is 4.74 Å². The van der Waals surface area contributed by atoms with E-state index < -0.39 is 0 Å². The summed E-state index contributed by atoms with van der Waals surface area (Å²) >= 11 is 0. The largest absolute Gasteiger partial charge is 0.376 e. The molecule has 0 spiro atoms. The third-order valence-electron chi connectivity index (χ3n) is 1.81. The number of nitrogens with two attached hydrogens (primary N) is 1. The number of rotatable bonds is 1. The van der Waals surface area contributed by atoms with Crippen molar-refractivity contribution >= 4 is 0 Å². The molecule has 0 aromatic rings. The van der Waals surface area contributed by atoms with Crippen LogP contribution in [0.15, 0.2) is 0 Å². The SMILES string of the molecule is C#C[C@@H](N)[C@@H]1CCCCO1. The minimum absolute atomic E-state index is 0.110. The zero-order valence-electron chi connectivity index (χ0n) is 6.05. The summed E-state index contributed by atoms with van der Waals surface area (Å²) in [5.41, 5.74) is 5.59. The summed E-state index contributed by atoms with van der Waals surface area (Å²) in [7, 11) is 0. The van der Waals surface area contributed by atoms with Crippen LogP contribution in [0.1, 0.15) is 19.3 Å².